The van der Waals surface area contributed by atoms with Gasteiger partial charge < -0.3 is 15.2 Å². The summed E-state index contributed by atoms with van der Waals surface area (Å²) in [5.74, 6) is 3.58. The van der Waals surface area contributed by atoms with Crippen LogP contribution in [0.4, 0.5) is 0 Å². The lowest BCUT2D eigenvalue weighted by Gasteiger charge is -2.49. The lowest BCUT2D eigenvalue weighted by atomic mass is 9.56. The van der Waals surface area contributed by atoms with Gasteiger partial charge in [0.25, 0.3) is 0 Å². The van der Waals surface area contributed by atoms with Crippen molar-refractivity contribution >= 4 is 0 Å². The van der Waals surface area contributed by atoms with Crippen LogP contribution in [0, 0.1) is 35.0 Å². The van der Waals surface area contributed by atoms with Crippen molar-refractivity contribution in [3.8, 4) is 0 Å². The van der Waals surface area contributed by atoms with Crippen molar-refractivity contribution in [2.24, 2.45) is 35.0 Å². The third-order valence-electron chi connectivity index (χ3n) is 11.7. The number of aliphatic hydroxyl groups excluding tert-OH is 1. The number of hydrogen-bond acceptors (Lipinski definition) is 3. The van der Waals surface area contributed by atoms with E-state index in [1.54, 1.807) is 16.7 Å². The maximum Gasteiger partial charge on any atom is 0.0768 e. The minimum atomic E-state index is -0.110. The molecule has 0 amide bonds. The van der Waals surface area contributed by atoms with Crippen LogP contribution in [0.1, 0.15) is 92.4 Å². The lowest BCUT2D eigenvalue weighted by Crippen LogP contribution is -2.59. The van der Waals surface area contributed by atoms with Gasteiger partial charge >= 0.3 is 0 Å². The number of ether oxygens (including phenoxy) is 1. The first-order valence-electron chi connectivity index (χ1n) is 13.7. The molecule has 4 fully saturated rings. The van der Waals surface area contributed by atoms with Crippen LogP contribution >= 0.6 is 0 Å². The number of rotatable bonds is 0. The van der Waals surface area contributed by atoms with Crippen LogP contribution < -0.4 is 5.32 Å². The SMILES string of the molecule is CC1=C2C[C@H]3[C@@H](CC=C4C[C@@H](O)CC[C@@]43C)[C@@H]2CC[C@@]2(C1)O[C@@H]1C[C@H](C)CN[C@@]1(C)[C@H]2C. The first-order valence-corrected chi connectivity index (χ1v) is 13.7. The van der Waals surface area contributed by atoms with E-state index in [2.05, 4.69) is 46.0 Å². The fourth-order valence-corrected chi connectivity index (χ4v) is 9.47. The Bertz CT molecular complexity index is 861. The Morgan fingerprint density at radius 3 is 2.75 bits per heavy atom. The molecule has 32 heavy (non-hydrogen) atoms. The first kappa shape index (κ1) is 21.9. The van der Waals surface area contributed by atoms with Crippen LogP contribution in [0.3, 0.4) is 0 Å². The maximum absolute atomic E-state index is 10.3. The summed E-state index contributed by atoms with van der Waals surface area (Å²) in [4.78, 5) is 0. The average Bonchev–Trinajstić information content (AvgIpc) is 3.18. The van der Waals surface area contributed by atoms with Crippen molar-refractivity contribution in [2.45, 2.75) is 116 Å². The van der Waals surface area contributed by atoms with Crippen molar-refractivity contribution in [1.82, 2.24) is 5.32 Å². The van der Waals surface area contributed by atoms with E-state index in [0.29, 0.717) is 23.4 Å². The van der Waals surface area contributed by atoms with Crippen LogP contribution in [0.2, 0.25) is 0 Å². The van der Waals surface area contributed by atoms with E-state index in [0.717, 1.165) is 43.6 Å². The highest BCUT2D eigenvalue weighted by Gasteiger charge is 2.62. The topological polar surface area (TPSA) is 41.5 Å². The monoisotopic (exact) mass is 439 g/mol. The van der Waals surface area contributed by atoms with Crippen LogP contribution in [-0.2, 0) is 4.74 Å². The molecule has 6 rings (SSSR count). The Hall–Kier alpha value is -0.640. The van der Waals surface area contributed by atoms with Gasteiger partial charge in [-0.3, -0.25) is 0 Å². The Kier molecular flexibility index (Phi) is 4.91. The number of allylic oxidation sites excluding steroid dienone is 2. The van der Waals surface area contributed by atoms with Crippen molar-refractivity contribution < 1.29 is 9.84 Å². The molecule has 3 heteroatoms. The van der Waals surface area contributed by atoms with Crippen molar-refractivity contribution in [1.29, 1.82) is 0 Å². The van der Waals surface area contributed by atoms with E-state index >= 15 is 0 Å². The van der Waals surface area contributed by atoms with Gasteiger partial charge in [-0.2, -0.15) is 0 Å². The van der Waals surface area contributed by atoms with Crippen molar-refractivity contribution in [3.05, 3.63) is 22.8 Å². The van der Waals surface area contributed by atoms with E-state index in [4.69, 9.17) is 4.74 Å². The number of piperidine rings is 1. The molecule has 1 spiro atoms. The van der Waals surface area contributed by atoms with Gasteiger partial charge in [0.2, 0.25) is 0 Å². The van der Waals surface area contributed by atoms with Crippen LogP contribution in [0.15, 0.2) is 22.8 Å². The fourth-order valence-electron chi connectivity index (χ4n) is 9.47. The number of hydrogen-bond donors (Lipinski definition) is 2. The standard InChI is InChI=1S/C29H45NO2/c1-17-12-26-28(5,30-16-17)19(3)29(32-26)11-9-22-23-7-6-20-13-21(31)8-10-27(20,4)25(23)14-24(22)18(2)15-29/h6,17,19,21-23,25-26,30-31H,7-16H2,1-5H3/t17-,19+,21-,22-,23-,25-,26+,27-,28-,29-/m0/s1. The number of nitrogens with one attached hydrogen (secondary N) is 1. The van der Waals surface area contributed by atoms with Gasteiger partial charge in [0.15, 0.2) is 0 Å². The molecule has 2 aliphatic heterocycles. The predicted octanol–water partition coefficient (Wildman–Crippen LogP) is 5.78. The summed E-state index contributed by atoms with van der Waals surface area (Å²) in [7, 11) is 0. The Balaban J connectivity index is 1.30. The molecule has 178 valence electrons. The Morgan fingerprint density at radius 1 is 1.12 bits per heavy atom. The largest absolute Gasteiger partial charge is 0.393 e. The number of fused-ring (bicyclic) bond motifs is 6. The predicted molar refractivity (Wildman–Crippen MR) is 129 cm³/mol. The normalized spacial score (nSPS) is 55.1. The maximum atomic E-state index is 10.3. The molecule has 0 unspecified atom stereocenters. The summed E-state index contributed by atoms with van der Waals surface area (Å²) in [5, 5.41) is 14.2. The highest BCUT2D eigenvalue weighted by molar-refractivity contribution is 5.34. The van der Waals surface area contributed by atoms with Gasteiger partial charge in [-0.15, -0.1) is 0 Å². The van der Waals surface area contributed by atoms with E-state index < -0.39 is 0 Å². The third-order valence-corrected chi connectivity index (χ3v) is 11.7. The van der Waals surface area contributed by atoms with Crippen LogP contribution in [0.5, 0.6) is 0 Å². The summed E-state index contributed by atoms with van der Waals surface area (Å²) in [6.45, 7) is 13.4. The second-order valence-electron chi connectivity index (χ2n) is 13.3. The highest BCUT2D eigenvalue weighted by Crippen LogP contribution is 2.64. The van der Waals surface area contributed by atoms with Crippen molar-refractivity contribution in [3.63, 3.8) is 0 Å². The summed E-state index contributed by atoms with van der Waals surface area (Å²) < 4.78 is 7.11. The molecular formula is C29H45NO2. The molecule has 2 N–H and O–H groups in total. The Labute approximate surface area is 195 Å². The van der Waals surface area contributed by atoms with Gasteiger partial charge in [0.1, 0.15) is 0 Å². The molecule has 0 bridgehead atoms. The molecular weight excluding hydrogens is 394 g/mol. The smallest absolute Gasteiger partial charge is 0.0768 e. The molecule has 4 aliphatic carbocycles. The number of aliphatic hydroxyl groups is 1. The van der Waals surface area contributed by atoms with Gasteiger partial charge in [0, 0.05) is 11.5 Å². The van der Waals surface area contributed by atoms with Gasteiger partial charge in [-0.05, 0) is 107 Å². The molecule has 0 aromatic heterocycles. The van der Waals surface area contributed by atoms with Gasteiger partial charge in [-0.1, -0.05) is 43.6 Å². The molecule has 2 saturated heterocycles. The third kappa shape index (κ3) is 2.89. The summed E-state index contributed by atoms with van der Waals surface area (Å²) in [6, 6.07) is 0. The molecule has 0 aromatic carbocycles. The van der Waals surface area contributed by atoms with Gasteiger partial charge in [0.05, 0.1) is 17.8 Å². The highest BCUT2D eigenvalue weighted by atomic mass is 16.5. The molecule has 3 nitrogen and oxygen atoms in total. The molecule has 2 saturated carbocycles. The Morgan fingerprint density at radius 2 is 1.94 bits per heavy atom. The van der Waals surface area contributed by atoms with E-state index in [1.807, 2.05) is 0 Å². The average molecular weight is 440 g/mol. The van der Waals surface area contributed by atoms with E-state index in [9.17, 15) is 5.11 Å². The van der Waals surface area contributed by atoms with E-state index in [-0.39, 0.29) is 17.2 Å². The fraction of sp³-hybridized carbons (Fsp3) is 0.862. The summed E-state index contributed by atoms with van der Waals surface area (Å²) in [5.41, 5.74) is 5.49. The molecule has 10 atom stereocenters. The molecule has 0 aromatic rings. The van der Waals surface area contributed by atoms with E-state index in [1.165, 1.54) is 38.5 Å². The minimum Gasteiger partial charge on any atom is -0.393 e. The quantitative estimate of drug-likeness (QED) is 0.470. The second kappa shape index (κ2) is 7.18. The summed E-state index contributed by atoms with van der Waals surface area (Å²) >= 11 is 0. The zero-order valence-corrected chi connectivity index (χ0v) is 21.0. The molecule has 2 heterocycles. The van der Waals surface area contributed by atoms with Gasteiger partial charge in [-0.25, -0.2) is 0 Å². The summed E-state index contributed by atoms with van der Waals surface area (Å²) in [6.07, 6.45) is 13.3. The molecule has 6 aliphatic rings. The zero-order chi connectivity index (χ0) is 22.5. The van der Waals surface area contributed by atoms with Crippen LogP contribution in [0.25, 0.3) is 0 Å². The van der Waals surface area contributed by atoms with Crippen LogP contribution in [-0.4, -0.2) is 35.0 Å². The van der Waals surface area contributed by atoms with Crippen molar-refractivity contribution in [2.75, 3.05) is 6.54 Å². The minimum absolute atomic E-state index is 0.0158. The molecule has 0 radical (unpaired) electrons. The first-order chi connectivity index (χ1) is 15.2. The second-order valence-corrected chi connectivity index (χ2v) is 13.3. The zero-order valence-electron chi connectivity index (χ0n) is 21.0. The lowest BCUT2D eigenvalue weighted by molar-refractivity contribution is -0.0752.